The average molecular weight is 234 g/mol. The van der Waals surface area contributed by atoms with Crippen LogP contribution < -0.4 is 5.73 Å². The molecule has 0 unspecified atom stereocenters. The van der Waals surface area contributed by atoms with Gasteiger partial charge in [-0.15, -0.1) is 12.4 Å². The molecule has 0 aliphatic rings. The molecule has 3 nitrogen and oxygen atoms in total. The van der Waals surface area contributed by atoms with Crippen molar-refractivity contribution in [2.45, 2.75) is 19.4 Å². The number of carboxylic acids is 1. The van der Waals surface area contributed by atoms with Crippen molar-refractivity contribution in [2.75, 3.05) is 0 Å². The van der Waals surface area contributed by atoms with Crippen molar-refractivity contribution >= 4 is 18.4 Å². The topological polar surface area (TPSA) is 63.3 Å². The summed E-state index contributed by atoms with van der Waals surface area (Å²) in [6, 6.07) is 3.55. The lowest BCUT2D eigenvalue weighted by Crippen LogP contribution is -2.16. The largest absolute Gasteiger partial charge is 0.481 e. The van der Waals surface area contributed by atoms with Crippen molar-refractivity contribution in [1.29, 1.82) is 0 Å². The molecule has 3 N–H and O–H groups in total. The normalized spacial score (nSPS) is 11.7. The molecule has 15 heavy (non-hydrogen) atoms. The van der Waals surface area contributed by atoms with E-state index in [2.05, 4.69) is 0 Å². The van der Waals surface area contributed by atoms with Gasteiger partial charge in [0, 0.05) is 6.04 Å². The first-order valence-corrected chi connectivity index (χ1v) is 4.24. The third-order valence-electron chi connectivity index (χ3n) is 2.04. The monoisotopic (exact) mass is 233 g/mol. The van der Waals surface area contributed by atoms with Gasteiger partial charge < -0.3 is 10.8 Å². The molecule has 0 fully saturated rings. The summed E-state index contributed by atoms with van der Waals surface area (Å²) in [6.45, 7) is 1.77. The van der Waals surface area contributed by atoms with Gasteiger partial charge in [0.2, 0.25) is 0 Å². The van der Waals surface area contributed by atoms with Gasteiger partial charge in [-0.25, -0.2) is 4.39 Å². The Kier molecular flexibility index (Phi) is 5.25. The number of nitrogens with two attached hydrogens (primary N) is 1. The minimum Gasteiger partial charge on any atom is -0.481 e. The van der Waals surface area contributed by atoms with Crippen LogP contribution in [0.4, 0.5) is 4.39 Å². The predicted octanol–water partition coefficient (Wildman–Crippen LogP) is 2.03. The maximum absolute atomic E-state index is 12.8. The van der Waals surface area contributed by atoms with Crippen LogP contribution in [0, 0.1) is 12.7 Å². The summed E-state index contributed by atoms with van der Waals surface area (Å²) in [5.41, 5.74) is 6.97. The average Bonchev–Trinajstić information content (AvgIpc) is 2.08. The SMILES string of the molecule is Cc1ccc(F)cc1[C@H](N)CC(=O)O.Cl. The highest BCUT2D eigenvalue weighted by Gasteiger charge is 2.13. The molecule has 0 aliphatic carbocycles. The minimum absolute atomic E-state index is 0. The molecule has 0 heterocycles. The third-order valence-corrected chi connectivity index (χ3v) is 2.04. The van der Waals surface area contributed by atoms with Gasteiger partial charge in [-0.2, -0.15) is 0 Å². The van der Waals surface area contributed by atoms with Crippen LogP contribution in [0.3, 0.4) is 0 Å². The van der Waals surface area contributed by atoms with E-state index in [1.165, 1.54) is 12.1 Å². The van der Waals surface area contributed by atoms with E-state index >= 15 is 0 Å². The summed E-state index contributed by atoms with van der Waals surface area (Å²) < 4.78 is 12.8. The van der Waals surface area contributed by atoms with E-state index in [9.17, 15) is 9.18 Å². The van der Waals surface area contributed by atoms with Crippen LogP contribution in [-0.4, -0.2) is 11.1 Å². The lowest BCUT2D eigenvalue weighted by atomic mass is 9.99. The molecule has 84 valence electrons. The number of halogens is 2. The van der Waals surface area contributed by atoms with Crippen LogP contribution in [0.15, 0.2) is 18.2 Å². The number of carbonyl (C=O) groups is 1. The summed E-state index contributed by atoms with van der Waals surface area (Å²) in [5.74, 6) is -1.38. The second-order valence-electron chi connectivity index (χ2n) is 3.21. The molecule has 0 bridgehead atoms. The molecule has 0 aliphatic heterocycles. The number of carboxylic acid groups (broad SMARTS) is 1. The Bertz CT molecular complexity index is 357. The van der Waals surface area contributed by atoms with Gasteiger partial charge in [-0.05, 0) is 30.2 Å². The highest BCUT2D eigenvalue weighted by molar-refractivity contribution is 5.85. The smallest absolute Gasteiger partial charge is 0.305 e. The summed E-state index contributed by atoms with van der Waals surface area (Å²) in [5, 5.41) is 8.53. The Morgan fingerprint density at radius 2 is 2.20 bits per heavy atom. The Morgan fingerprint density at radius 3 is 2.73 bits per heavy atom. The van der Waals surface area contributed by atoms with Gasteiger partial charge in [-0.3, -0.25) is 4.79 Å². The standard InChI is InChI=1S/C10H12FNO2.ClH/c1-6-2-3-7(11)4-8(6)9(12)5-10(13)14;/h2-4,9H,5,12H2,1H3,(H,13,14);1H/t9-;/m1./s1. The van der Waals surface area contributed by atoms with E-state index in [1.54, 1.807) is 13.0 Å². The third kappa shape index (κ3) is 3.85. The molecule has 5 heteroatoms. The van der Waals surface area contributed by atoms with Crippen molar-refractivity contribution in [3.05, 3.63) is 35.1 Å². The second-order valence-corrected chi connectivity index (χ2v) is 3.21. The molecule has 0 aromatic heterocycles. The number of hydrogen-bond acceptors (Lipinski definition) is 2. The van der Waals surface area contributed by atoms with Crippen LogP contribution in [0.5, 0.6) is 0 Å². The lowest BCUT2D eigenvalue weighted by Gasteiger charge is -2.12. The Labute approximate surface area is 93.5 Å². The van der Waals surface area contributed by atoms with Crippen molar-refractivity contribution in [3.63, 3.8) is 0 Å². The maximum Gasteiger partial charge on any atom is 0.305 e. The Hall–Kier alpha value is -1.13. The first-order chi connectivity index (χ1) is 6.50. The molecule has 0 spiro atoms. The van der Waals surface area contributed by atoms with Crippen LogP contribution >= 0.6 is 12.4 Å². The summed E-state index contributed by atoms with van der Waals surface area (Å²) in [7, 11) is 0. The number of aliphatic carboxylic acids is 1. The lowest BCUT2D eigenvalue weighted by molar-refractivity contribution is -0.137. The Balaban J connectivity index is 0.00000196. The van der Waals surface area contributed by atoms with Gasteiger partial charge in [0.15, 0.2) is 0 Å². The van der Waals surface area contributed by atoms with E-state index in [0.717, 1.165) is 5.56 Å². The molecule has 1 atom stereocenters. The van der Waals surface area contributed by atoms with Gasteiger partial charge in [0.05, 0.1) is 6.42 Å². The van der Waals surface area contributed by atoms with Gasteiger partial charge >= 0.3 is 5.97 Å². The molecule has 0 radical (unpaired) electrons. The van der Waals surface area contributed by atoms with E-state index in [0.29, 0.717) is 5.56 Å². The molecular weight excluding hydrogens is 221 g/mol. The number of hydrogen-bond donors (Lipinski definition) is 2. The fourth-order valence-electron chi connectivity index (χ4n) is 1.31. The number of benzene rings is 1. The Morgan fingerprint density at radius 1 is 1.60 bits per heavy atom. The molecule has 1 aromatic carbocycles. The molecule has 1 rings (SSSR count). The summed E-state index contributed by atoms with van der Waals surface area (Å²) in [4.78, 5) is 10.4. The van der Waals surface area contributed by atoms with Crippen LogP contribution in [0.2, 0.25) is 0 Å². The number of aryl methyl sites for hydroxylation is 1. The zero-order valence-electron chi connectivity index (χ0n) is 8.24. The predicted molar refractivity (Wildman–Crippen MR) is 57.6 cm³/mol. The van der Waals surface area contributed by atoms with Gasteiger partial charge in [0.25, 0.3) is 0 Å². The number of rotatable bonds is 3. The van der Waals surface area contributed by atoms with E-state index in [1.807, 2.05) is 0 Å². The van der Waals surface area contributed by atoms with Crippen molar-refractivity contribution in [2.24, 2.45) is 5.73 Å². The van der Waals surface area contributed by atoms with E-state index < -0.39 is 17.8 Å². The van der Waals surface area contributed by atoms with Crippen LogP contribution in [0.1, 0.15) is 23.6 Å². The summed E-state index contributed by atoms with van der Waals surface area (Å²) in [6.07, 6.45) is -0.190. The second kappa shape index (κ2) is 5.68. The van der Waals surface area contributed by atoms with Crippen LogP contribution in [-0.2, 0) is 4.79 Å². The van der Waals surface area contributed by atoms with Gasteiger partial charge in [0.1, 0.15) is 5.82 Å². The summed E-state index contributed by atoms with van der Waals surface area (Å²) >= 11 is 0. The fraction of sp³-hybridized carbons (Fsp3) is 0.300. The first kappa shape index (κ1) is 13.9. The fourth-order valence-corrected chi connectivity index (χ4v) is 1.31. The van der Waals surface area contributed by atoms with Crippen LogP contribution in [0.25, 0.3) is 0 Å². The molecule has 0 saturated heterocycles. The van der Waals surface area contributed by atoms with E-state index in [-0.39, 0.29) is 18.8 Å². The highest BCUT2D eigenvalue weighted by Crippen LogP contribution is 2.19. The van der Waals surface area contributed by atoms with Crippen molar-refractivity contribution in [1.82, 2.24) is 0 Å². The molecule has 0 saturated carbocycles. The zero-order valence-corrected chi connectivity index (χ0v) is 9.05. The zero-order chi connectivity index (χ0) is 10.7. The van der Waals surface area contributed by atoms with E-state index in [4.69, 9.17) is 10.8 Å². The van der Waals surface area contributed by atoms with Gasteiger partial charge in [-0.1, -0.05) is 6.07 Å². The maximum atomic E-state index is 12.8. The quantitative estimate of drug-likeness (QED) is 0.840. The highest BCUT2D eigenvalue weighted by atomic mass is 35.5. The molecular formula is C10H13ClFNO2. The molecule has 0 amide bonds. The first-order valence-electron chi connectivity index (χ1n) is 4.24. The molecule has 1 aromatic rings. The minimum atomic E-state index is -0.985. The van der Waals surface area contributed by atoms with Crippen molar-refractivity contribution in [3.8, 4) is 0 Å². The van der Waals surface area contributed by atoms with Crippen molar-refractivity contribution < 1.29 is 14.3 Å².